The van der Waals surface area contributed by atoms with Crippen LogP contribution in [0, 0.1) is 6.92 Å². The Labute approximate surface area is 101 Å². The molecular formula is C12H19NO2S. The van der Waals surface area contributed by atoms with E-state index in [2.05, 4.69) is 0 Å². The van der Waals surface area contributed by atoms with Crippen LogP contribution in [0.25, 0.3) is 0 Å². The Bertz CT molecular complexity index is 360. The molecule has 0 aromatic carbocycles. The molecule has 0 aliphatic rings. The molecule has 0 aliphatic carbocycles. The molecular weight excluding hydrogens is 222 g/mol. The third kappa shape index (κ3) is 3.04. The highest BCUT2D eigenvalue weighted by Crippen LogP contribution is 2.28. The molecule has 0 saturated heterocycles. The number of hydrogen-bond acceptors (Lipinski definition) is 3. The Morgan fingerprint density at radius 2 is 2.06 bits per heavy atom. The number of carbonyl (C=O) groups is 1. The van der Waals surface area contributed by atoms with E-state index in [0.717, 1.165) is 10.7 Å². The van der Waals surface area contributed by atoms with Crippen molar-refractivity contribution in [3.63, 3.8) is 0 Å². The van der Waals surface area contributed by atoms with Crippen molar-refractivity contribution in [1.82, 2.24) is 4.90 Å². The minimum absolute atomic E-state index is 0.0799. The molecule has 1 heterocycles. The Balaban J connectivity index is 2.62. The monoisotopic (exact) mass is 241 g/mol. The zero-order valence-electron chi connectivity index (χ0n) is 10.5. The highest BCUT2D eigenvalue weighted by Gasteiger charge is 2.21. The number of nitrogens with zero attached hydrogens (tertiary/aromatic N) is 1. The number of rotatable bonds is 4. The summed E-state index contributed by atoms with van der Waals surface area (Å²) >= 11 is 1.55. The SMILES string of the molecule is Cc1occc1SC(C)C(=O)N(C)C(C)C. The molecule has 1 unspecified atom stereocenters. The minimum atomic E-state index is -0.0799. The Kier molecular flexibility index (Phi) is 4.47. The normalized spacial score (nSPS) is 12.9. The summed E-state index contributed by atoms with van der Waals surface area (Å²) in [4.78, 5) is 14.8. The van der Waals surface area contributed by atoms with Crippen molar-refractivity contribution in [1.29, 1.82) is 0 Å². The zero-order valence-corrected chi connectivity index (χ0v) is 11.3. The summed E-state index contributed by atoms with van der Waals surface area (Å²) in [6.07, 6.45) is 1.65. The molecule has 16 heavy (non-hydrogen) atoms. The third-order valence-electron chi connectivity index (χ3n) is 2.58. The second-order valence-corrected chi connectivity index (χ2v) is 5.53. The smallest absolute Gasteiger partial charge is 0.235 e. The molecule has 0 radical (unpaired) electrons. The summed E-state index contributed by atoms with van der Waals surface area (Å²) in [6, 6.07) is 2.14. The van der Waals surface area contributed by atoms with Gasteiger partial charge >= 0.3 is 0 Å². The lowest BCUT2D eigenvalue weighted by Crippen LogP contribution is -2.38. The second kappa shape index (κ2) is 5.43. The maximum absolute atomic E-state index is 12.0. The van der Waals surface area contributed by atoms with Gasteiger partial charge in [0.15, 0.2) is 0 Å². The van der Waals surface area contributed by atoms with Crippen LogP contribution in [-0.2, 0) is 4.79 Å². The summed E-state index contributed by atoms with van der Waals surface area (Å²) in [5.74, 6) is 1.03. The number of hydrogen-bond donors (Lipinski definition) is 0. The number of aryl methyl sites for hydroxylation is 1. The van der Waals surface area contributed by atoms with Gasteiger partial charge < -0.3 is 9.32 Å². The van der Waals surface area contributed by atoms with E-state index >= 15 is 0 Å². The first-order chi connectivity index (χ1) is 7.43. The molecule has 1 atom stereocenters. The topological polar surface area (TPSA) is 33.5 Å². The van der Waals surface area contributed by atoms with Crippen LogP contribution < -0.4 is 0 Å². The lowest BCUT2D eigenvalue weighted by atomic mass is 10.3. The fourth-order valence-corrected chi connectivity index (χ4v) is 2.27. The van der Waals surface area contributed by atoms with Gasteiger partial charge in [0.25, 0.3) is 0 Å². The predicted octanol–water partition coefficient (Wildman–Crippen LogP) is 2.94. The van der Waals surface area contributed by atoms with E-state index in [4.69, 9.17) is 4.42 Å². The standard InChI is InChI=1S/C12H19NO2S/c1-8(2)13(5)12(14)10(4)16-11-6-7-15-9(11)3/h6-8,10H,1-5H3. The molecule has 1 amide bonds. The van der Waals surface area contributed by atoms with Gasteiger partial charge in [0.2, 0.25) is 5.91 Å². The van der Waals surface area contributed by atoms with Crippen molar-refractivity contribution in [2.75, 3.05) is 7.05 Å². The third-order valence-corrected chi connectivity index (χ3v) is 3.82. The van der Waals surface area contributed by atoms with Gasteiger partial charge in [-0.1, -0.05) is 0 Å². The van der Waals surface area contributed by atoms with Crippen LogP contribution in [0.5, 0.6) is 0 Å². The first-order valence-electron chi connectivity index (χ1n) is 5.41. The maximum Gasteiger partial charge on any atom is 0.235 e. The van der Waals surface area contributed by atoms with Crippen molar-refractivity contribution in [3.05, 3.63) is 18.1 Å². The van der Waals surface area contributed by atoms with Gasteiger partial charge in [-0.25, -0.2) is 0 Å². The van der Waals surface area contributed by atoms with Gasteiger partial charge in [0.05, 0.1) is 11.5 Å². The first-order valence-corrected chi connectivity index (χ1v) is 6.29. The second-order valence-electron chi connectivity index (χ2n) is 4.14. The molecule has 0 saturated carbocycles. The molecule has 0 fully saturated rings. The van der Waals surface area contributed by atoms with Crippen LogP contribution in [-0.4, -0.2) is 29.1 Å². The molecule has 1 aromatic rings. The van der Waals surface area contributed by atoms with Crippen LogP contribution in [0.3, 0.4) is 0 Å². The van der Waals surface area contributed by atoms with E-state index in [9.17, 15) is 4.79 Å². The van der Waals surface area contributed by atoms with E-state index in [-0.39, 0.29) is 17.2 Å². The van der Waals surface area contributed by atoms with Crippen molar-refractivity contribution in [2.24, 2.45) is 0 Å². The van der Waals surface area contributed by atoms with E-state index in [0.29, 0.717) is 0 Å². The molecule has 4 heteroatoms. The van der Waals surface area contributed by atoms with Gasteiger partial charge in [0, 0.05) is 18.0 Å². The average Bonchev–Trinajstić information content (AvgIpc) is 2.62. The molecule has 0 bridgehead atoms. The quantitative estimate of drug-likeness (QED) is 0.760. The van der Waals surface area contributed by atoms with Gasteiger partial charge in [-0.3, -0.25) is 4.79 Å². The summed E-state index contributed by atoms with van der Waals surface area (Å²) in [7, 11) is 1.84. The number of amides is 1. The zero-order chi connectivity index (χ0) is 12.3. The van der Waals surface area contributed by atoms with Crippen molar-refractivity contribution < 1.29 is 9.21 Å². The molecule has 0 aliphatic heterocycles. The van der Waals surface area contributed by atoms with Crippen molar-refractivity contribution >= 4 is 17.7 Å². The lowest BCUT2D eigenvalue weighted by molar-refractivity contribution is -0.130. The van der Waals surface area contributed by atoms with Crippen LogP contribution >= 0.6 is 11.8 Å². The Morgan fingerprint density at radius 1 is 1.44 bits per heavy atom. The molecule has 1 rings (SSSR count). The van der Waals surface area contributed by atoms with E-state index in [1.165, 1.54) is 0 Å². The van der Waals surface area contributed by atoms with Gasteiger partial charge in [0.1, 0.15) is 5.76 Å². The van der Waals surface area contributed by atoms with E-state index in [1.807, 2.05) is 40.8 Å². The van der Waals surface area contributed by atoms with E-state index < -0.39 is 0 Å². The van der Waals surface area contributed by atoms with E-state index in [1.54, 1.807) is 22.9 Å². The van der Waals surface area contributed by atoms with Crippen LogP contribution in [0.2, 0.25) is 0 Å². The lowest BCUT2D eigenvalue weighted by Gasteiger charge is -2.24. The number of carbonyl (C=O) groups excluding carboxylic acids is 1. The molecule has 3 nitrogen and oxygen atoms in total. The number of furan rings is 1. The van der Waals surface area contributed by atoms with Crippen LogP contribution in [0.4, 0.5) is 0 Å². The first kappa shape index (κ1) is 13.2. The fourth-order valence-electron chi connectivity index (χ4n) is 1.28. The molecule has 1 aromatic heterocycles. The number of thioether (sulfide) groups is 1. The van der Waals surface area contributed by atoms with Crippen LogP contribution in [0.15, 0.2) is 21.6 Å². The summed E-state index contributed by atoms with van der Waals surface area (Å²) in [5.41, 5.74) is 0. The largest absolute Gasteiger partial charge is 0.468 e. The average molecular weight is 241 g/mol. The predicted molar refractivity (Wildman–Crippen MR) is 66.7 cm³/mol. The summed E-state index contributed by atoms with van der Waals surface area (Å²) < 4.78 is 5.21. The molecule has 0 spiro atoms. The molecule has 0 N–H and O–H groups in total. The van der Waals surface area contributed by atoms with Crippen molar-refractivity contribution in [3.8, 4) is 0 Å². The van der Waals surface area contributed by atoms with Gasteiger partial charge in [-0.2, -0.15) is 0 Å². The van der Waals surface area contributed by atoms with Gasteiger partial charge in [-0.15, -0.1) is 11.8 Å². The summed E-state index contributed by atoms with van der Waals surface area (Å²) in [5, 5.41) is -0.0799. The Hall–Kier alpha value is -0.900. The van der Waals surface area contributed by atoms with Gasteiger partial charge in [-0.05, 0) is 33.8 Å². The maximum atomic E-state index is 12.0. The molecule has 90 valence electrons. The summed E-state index contributed by atoms with van der Waals surface area (Å²) in [6.45, 7) is 7.86. The fraction of sp³-hybridized carbons (Fsp3) is 0.583. The highest BCUT2D eigenvalue weighted by atomic mass is 32.2. The minimum Gasteiger partial charge on any atom is -0.468 e. The van der Waals surface area contributed by atoms with Crippen LogP contribution in [0.1, 0.15) is 26.5 Å². The highest BCUT2D eigenvalue weighted by molar-refractivity contribution is 8.00. The van der Waals surface area contributed by atoms with Crippen molar-refractivity contribution in [2.45, 2.75) is 43.9 Å². The Morgan fingerprint density at radius 3 is 2.50 bits per heavy atom.